The van der Waals surface area contributed by atoms with E-state index in [1.165, 1.54) is 19.2 Å². The molecule has 10 heteroatoms. The molecule has 0 aliphatic carbocycles. The van der Waals surface area contributed by atoms with Crippen LogP contribution in [0.2, 0.25) is 0 Å². The van der Waals surface area contributed by atoms with Crippen molar-refractivity contribution < 1.29 is 21.6 Å². The molecule has 0 amide bonds. The van der Waals surface area contributed by atoms with Crippen molar-refractivity contribution in [1.29, 1.82) is 0 Å². The molecule has 0 bridgehead atoms. The van der Waals surface area contributed by atoms with Crippen molar-refractivity contribution in [3.8, 4) is 10.6 Å². The van der Waals surface area contributed by atoms with Gasteiger partial charge in [0.15, 0.2) is 0 Å². The first-order chi connectivity index (χ1) is 12.6. The van der Waals surface area contributed by atoms with E-state index in [4.69, 9.17) is 0 Å². The van der Waals surface area contributed by atoms with Crippen molar-refractivity contribution in [2.24, 2.45) is 7.05 Å². The third-order valence-corrected chi connectivity index (χ3v) is 6.86. The van der Waals surface area contributed by atoms with E-state index in [0.717, 1.165) is 34.1 Å². The number of anilines is 1. The van der Waals surface area contributed by atoms with Gasteiger partial charge in [-0.05, 0) is 42.3 Å². The van der Waals surface area contributed by atoms with Gasteiger partial charge in [0.2, 0.25) is 0 Å². The second kappa shape index (κ2) is 7.01. The lowest BCUT2D eigenvalue weighted by Crippen LogP contribution is -2.11. The van der Waals surface area contributed by atoms with Crippen LogP contribution in [-0.2, 0) is 29.7 Å². The highest BCUT2D eigenvalue weighted by atomic mass is 32.2. The molecule has 3 aromatic rings. The molecule has 0 unspecified atom stereocenters. The number of nitrogens with zero attached hydrogens (tertiary/aromatic N) is 2. The number of halogens is 3. The van der Waals surface area contributed by atoms with Crippen molar-refractivity contribution in [2.75, 3.05) is 4.72 Å². The molecule has 27 heavy (non-hydrogen) atoms. The molecule has 0 fully saturated rings. The molecule has 0 spiro atoms. The molecule has 0 radical (unpaired) electrons. The summed E-state index contributed by atoms with van der Waals surface area (Å²) in [6.07, 6.45) is -3.69. The number of aromatic nitrogens is 2. The van der Waals surface area contributed by atoms with Crippen molar-refractivity contribution in [1.82, 2.24) is 9.78 Å². The minimum Gasteiger partial charge on any atom is -0.279 e. The third kappa shape index (κ3) is 4.16. The molecule has 1 aromatic carbocycles. The number of hydrogen-bond donors (Lipinski definition) is 1. The van der Waals surface area contributed by atoms with E-state index in [2.05, 4.69) is 9.82 Å². The predicted octanol–water partition coefficient (Wildman–Crippen LogP) is 4.53. The zero-order chi connectivity index (χ0) is 19.8. The first-order valence-electron chi connectivity index (χ1n) is 7.93. The largest absolute Gasteiger partial charge is 0.433 e. The topological polar surface area (TPSA) is 64.0 Å². The number of rotatable bonds is 5. The van der Waals surface area contributed by atoms with Crippen molar-refractivity contribution in [3.05, 3.63) is 53.7 Å². The normalized spacial score (nSPS) is 12.3. The number of benzene rings is 1. The maximum Gasteiger partial charge on any atom is 0.433 e. The second-order valence-electron chi connectivity index (χ2n) is 5.81. The van der Waals surface area contributed by atoms with Crippen LogP contribution in [0.15, 0.2) is 46.7 Å². The molecule has 2 aromatic heterocycles. The third-order valence-electron chi connectivity index (χ3n) is 3.88. The molecular weight excluding hydrogens is 399 g/mol. The Balaban J connectivity index is 1.86. The first-order valence-corrected chi connectivity index (χ1v) is 10.2. The minimum absolute atomic E-state index is 0.00344. The van der Waals surface area contributed by atoms with Gasteiger partial charge in [0.1, 0.15) is 15.6 Å². The Morgan fingerprint density at radius 3 is 2.37 bits per heavy atom. The van der Waals surface area contributed by atoms with Gasteiger partial charge >= 0.3 is 6.18 Å². The minimum atomic E-state index is -4.53. The Labute approximate surface area is 158 Å². The summed E-state index contributed by atoms with van der Waals surface area (Å²) >= 11 is 0.859. The smallest absolute Gasteiger partial charge is 0.279 e. The highest BCUT2D eigenvalue weighted by Gasteiger charge is 2.35. The highest BCUT2D eigenvalue weighted by molar-refractivity contribution is 7.94. The number of nitrogens with one attached hydrogen (secondary N) is 1. The van der Waals surface area contributed by atoms with Crippen LogP contribution in [0, 0.1) is 0 Å². The molecule has 0 atom stereocenters. The summed E-state index contributed by atoms with van der Waals surface area (Å²) in [4.78, 5) is 0.336. The van der Waals surface area contributed by atoms with Gasteiger partial charge in [0.05, 0.1) is 4.88 Å². The average molecular weight is 415 g/mol. The predicted molar refractivity (Wildman–Crippen MR) is 98.2 cm³/mol. The lowest BCUT2D eigenvalue weighted by atomic mass is 10.2. The van der Waals surface area contributed by atoms with Gasteiger partial charge in [0.25, 0.3) is 10.0 Å². The summed E-state index contributed by atoms with van der Waals surface area (Å²) in [5.74, 6) is 0. The zero-order valence-electron chi connectivity index (χ0n) is 14.4. The Morgan fingerprint density at radius 1 is 1.15 bits per heavy atom. The van der Waals surface area contributed by atoms with Gasteiger partial charge < -0.3 is 0 Å². The van der Waals surface area contributed by atoms with E-state index in [-0.39, 0.29) is 9.90 Å². The molecule has 0 aliphatic rings. The molecule has 0 saturated carbocycles. The van der Waals surface area contributed by atoms with Gasteiger partial charge in [-0.3, -0.25) is 9.40 Å². The summed E-state index contributed by atoms with van der Waals surface area (Å²) in [5, 5.41) is 3.84. The molecule has 5 nitrogen and oxygen atoms in total. The van der Waals surface area contributed by atoms with Gasteiger partial charge in [-0.1, -0.05) is 19.1 Å². The SMILES string of the molecule is CCc1ccc(NS(=O)(=O)c2ccc(-c3cc(C(F)(F)F)n(C)n3)s2)cc1. The molecule has 1 N–H and O–H groups in total. The lowest BCUT2D eigenvalue weighted by Gasteiger charge is -2.06. The molecule has 2 heterocycles. The molecular formula is C17H16F3N3O2S2. The Hall–Kier alpha value is -2.33. The van der Waals surface area contributed by atoms with Crippen LogP contribution in [-0.4, -0.2) is 18.2 Å². The highest BCUT2D eigenvalue weighted by Crippen LogP contribution is 2.35. The zero-order valence-corrected chi connectivity index (χ0v) is 16.0. The van der Waals surface area contributed by atoms with Gasteiger partial charge in [-0.15, -0.1) is 11.3 Å². The van der Waals surface area contributed by atoms with Gasteiger partial charge in [0, 0.05) is 12.7 Å². The Bertz CT molecular complexity index is 1050. The summed E-state index contributed by atoms with van der Waals surface area (Å²) in [6.45, 7) is 1.99. The monoisotopic (exact) mass is 415 g/mol. The van der Waals surface area contributed by atoms with Crippen LogP contribution < -0.4 is 4.72 Å². The Morgan fingerprint density at radius 2 is 1.81 bits per heavy atom. The van der Waals surface area contributed by atoms with E-state index in [9.17, 15) is 21.6 Å². The van der Waals surface area contributed by atoms with Crippen LogP contribution in [0.5, 0.6) is 0 Å². The van der Waals surface area contributed by atoms with E-state index >= 15 is 0 Å². The van der Waals surface area contributed by atoms with Gasteiger partial charge in [-0.2, -0.15) is 18.3 Å². The van der Waals surface area contributed by atoms with Gasteiger partial charge in [-0.25, -0.2) is 8.42 Å². The van der Waals surface area contributed by atoms with Crippen molar-refractivity contribution in [3.63, 3.8) is 0 Å². The van der Waals surface area contributed by atoms with E-state index in [1.54, 1.807) is 12.1 Å². The Kier molecular flexibility index (Phi) is 5.04. The molecule has 144 valence electrons. The molecule has 0 aliphatic heterocycles. The summed E-state index contributed by atoms with van der Waals surface area (Å²) < 4.78 is 67.0. The summed E-state index contributed by atoms with van der Waals surface area (Å²) in [7, 11) is -2.65. The standard InChI is InChI=1S/C17H16F3N3O2S2/c1-3-11-4-6-12(7-5-11)22-27(24,25)16-9-8-14(26-16)13-10-15(17(18,19)20)23(2)21-13/h4-10,22H,3H2,1-2H3. The fourth-order valence-corrected chi connectivity index (χ4v) is 4.79. The maximum absolute atomic E-state index is 12.9. The summed E-state index contributed by atoms with van der Waals surface area (Å²) in [5.41, 5.74) is 0.666. The van der Waals surface area contributed by atoms with E-state index in [1.807, 2.05) is 19.1 Å². The average Bonchev–Trinajstić information content (AvgIpc) is 3.21. The summed E-state index contributed by atoms with van der Waals surface area (Å²) in [6, 6.07) is 10.7. The van der Waals surface area contributed by atoms with Crippen LogP contribution >= 0.6 is 11.3 Å². The maximum atomic E-state index is 12.9. The van der Waals surface area contributed by atoms with Crippen LogP contribution in [0.25, 0.3) is 10.6 Å². The number of thiophene rings is 1. The fraction of sp³-hybridized carbons (Fsp3) is 0.235. The molecule has 3 rings (SSSR count). The van der Waals surface area contributed by atoms with Crippen LogP contribution in [0.1, 0.15) is 18.2 Å². The first kappa shape index (κ1) is 19.4. The number of aryl methyl sites for hydroxylation is 2. The quantitative estimate of drug-likeness (QED) is 0.666. The molecule has 0 saturated heterocycles. The fourth-order valence-electron chi connectivity index (χ4n) is 2.47. The van der Waals surface area contributed by atoms with E-state index < -0.39 is 21.9 Å². The number of hydrogen-bond acceptors (Lipinski definition) is 4. The van der Waals surface area contributed by atoms with Crippen LogP contribution in [0.3, 0.4) is 0 Å². The number of alkyl halides is 3. The van der Waals surface area contributed by atoms with E-state index in [0.29, 0.717) is 10.6 Å². The van der Waals surface area contributed by atoms with Crippen molar-refractivity contribution >= 4 is 27.0 Å². The number of sulfonamides is 1. The second-order valence-corrected chi connectivity index (χ2v) is 8.80. The van der Waals surface area contributed by atoms with Crippen LogP contribution in [0.4, 0.5) is 18.9 Å². The van der Waals surface area contributed by atoms with Crippen molar-refractivity contribution in [2.45, 2.75) is 23.7 Å². The lowest BCUT2D eigenvalue weighted by molar-refractivity contribution is -0.143.